The van der Waals surface area contributed by atoms with E-state index in [2.05, 4.69) is 27.9 Å². The van der Waals surface area contributed by atoms with Crippen molar-refractivity contribution in [2.75, 3.05) is 31.2 Å². The number of nitriles is 1. The quantitative estimate of drug-likeness (QED) is 0.134. The third-order valence-electron chi connectivity index (χ3n) is 6.38. The highest BCUT2D eigenvalue weighted by Crippen LogP contribution is 2.35. The fourth-order valence-electron chi connectivity index (χ4n) is 4.52. The van der Waals surface area contributed by atoms with Crippen molar-refractivity contribution < 1.29 is 23.5 Å². The molecule has 4 rings (SSSR count). The lowest BCUT2D eigenvalue weighted by Crippen LogP contribution is -2.56. The van der Waals surface area contributed by atoms with Crippen LogP contribution in [-0.4, -0.2) is 75.0 Å². The Bertz CT molecular complexity index is 1540. The topological polar surface area (TPSA) is 135 Å². The number of carbonyl (C=O) groups is 2. The molecule has 1 aliphatic rings. The number of hydrogen-bond donors (Lipinski definition) is 2. The van der Waals surface area contributed by atoms with Gasteiger partial charge < -0.3 is 20.2 Å². The summed E-state index contributed by atoms with van der Waals surface area (Å²) in [5.41, 5.74) is -0.469. The molecule has 1 aromatic carbocycles. The van der Waals surface area contributed by atoms with Crippen LogP contribution in [0.5, 0.6) is 5.75 Å². The summed E-state index contributed by atoms with van der Waals surface area (Å²) in [6, 6.07) is 9.52. The van der Waals surface area contributed by atoms with Crippen molar-refractivity contribution in [1.82, 2.24) is 19.8 Å². The number of piperazine rings is 1. The van der Waals surface area contributed by atoms with E-state index < -0.39 is 34.7 Å². The molecule has 0 radical (unpaired) electrons. The van der Waals surface area contributed by atoms with E-state index in [9.17, 15) is 24.3 Å². The molecule has 1 aliphatic heterocycles. The van der Waals surface area contributed by atoms with Crippen LogP contribution in [-0.2, 0) is 9.59 Å². The van der Waals surface area contributed by atoms with Gasteiger partial charge in [-0.1, -0.05) is 12.6 Å². The zero-order valence-corrected chi connectivity index (χ0v) is 22.7. The lowest BCUT2D eigenvalue weighted by Gasteiger charge is -2.41. The van der Waals surface area contributed by atoms with Crippen LogP contribution in [0.25, 0.3) is 11.3 Å². The lowest BCUT2D eigenvalue weighted by molar-refractivity contribution is -0.130. The van der Waals surface area contributed by atoms with Gasteiger partial charge in [0.05, 0.1) is 35.3 Å². The van der Waals surface area contributed by atoms with E-state index in [4.69, 9.17) is 4.99 Å². The highest BCUT2D eigenvalue weighted by molar-refractivity contribution is 7.98. The highest BCUT2D eigenvalue weighted by atomic mass is 32.2. The van der Waals surface area contributed by atoms with Gasteiger partial charge in [-0.3, -0.25) is 9.59 Å². The number of halogens is 2. The maximum atomic E-state index is 15.7. The highest BCUT2D eigenvalue weighted by Gasteiger charge is 2.33. The van der Waals surface area contributed by atoms with Crippen LogP contribution in [0.3, 0.4) is 0 Å². The number of phenolic OH excluding ortho intramolecular Hbond substituents is 1. The predicted molar refractivity (Wildman–Crippen MR) is 151 cm³/mol. The number of pyridine rings is 2. The molecule has 1 unspecified atom stereocenters. The Morgan fingerprint density at radius 2 is 2.12 bits per heavy atom. The number of amides is 2. The molecule has 41 heavy (non-hydrogen) atoms. The summed E-state index contributed by atoms with van der Waals surface area (Å²) in [4.78, 5) is 40.7. The molecule has 0 aliphatic carbocycles. The van der Waals surface area contributed by atoms with E-state index in [0.717, 1.165) is 12.1 Å². The zero-order valence-electron chi connectivity index (χ0n) is 21.9. The Labute approximate surface area is 239 Å². The number of anilines is 1. The van der Waals surface area contributed by atoms with Crippen molar-refractivity contribution in [2.45, 2.75) is 17.5 Å². The van der Waals surface area contributed by atoms with Crippen molar-refractivity contribution in [2.24, 2.45) is 4.99 Å². The molecule has 3 aromatic rings. The number of rotatable bonds is 8. The number of hydrogen-bond acceptors (Lipinski definition) is 8. The Morgan fingerprint density at radius 1 is 1.32 bits per heavy atom. The van der Waals surface area contributed by atoms with E-state index in [1.165, 1.54) is 34.9 Å². The summed E-state index contributed by atoms with van der Waals surface area (Å²) in [6.07, 6.45) is 4.95. The van der Waals surface area contributed by atoms with Crippen molar-refractivity contribution >= 4 is 41.4 Å². The van der Waals surface area contributed by atoms with Gasteiger partial charge >= 0.3 is 0 Å². The molecule has 13 heteroatoms. The normalized spacial score (nSPS) is 15.3. The first-order chi connectivity index (χ1) is 19.8. The second-order valence-corrected chi connectivity index (χ2v) is 9.57. The number of thioether (sulfide) groups is 1. The van der Waals surface area contributed by atoms with Crippen molar-refractivity contribution in [3.8, 4) is 23.1 Å². The van der Waals surface area contributed by atoms with Crippen LogP contribution in [0.15, 0.2) is 65.3 Å². The molecule has 210 valence electrons. The molecule has 2 amide bonds. The van der Waals surface area contributed by atoms with E-state index in [0.29, 0.717) is 17.1 Å². The van der Waals surface area contributed by atoms with Crippen LogP contribution < -0.4 is 5.32 Å². The lowest BCUT2D eigenvalue weighted by atomic mass is 10.0. The number of phenols is 1. The van der Waals surface area contributed by atoms with E-state index in [-0.39, 0.29) is 49.2 Å². The van der Waals surface area contributed by atoms with E-state index in [1.807, 2.05) is 6.26 Å². The van der Waals surface area contributed by atoms with Crippen LogP contribution in [0, 0.1) is 23.0 Å². The first-order valence-corrected chi connectivity index (χ1v) is 13.6. The smallest absolute Gasteiger partial charge is 0.246 e. The third-order valence-corrected chi connectivity index (χ3v) is 7.08. The molecule has 2 aromatic heterocycles. The Balaban J connectivity index is 1.92. The summed E-state index contributed by atoms with van der Waals surface area (Å²) in [5, 5.41) is 22.7. The molecule has 3 heterocycles. The van der Waals surface area contributed by atoms with Crippen LogP contribution >= 0.6 is 11.8 Å². The SMILES string of the molecule is C=CC(=O)N1CCN(C(=Nc2cccnc2SC)c2cc(F)c(-c3c(O)cccc3F)nc2NC=O)CC1CC#N. The number of aromatic nitrogens is 2. The maximum absolute atomic E-state index is 15.7. The van der Waals surface area contributed by atoms with Crippen LogP contribution in [0.1, 0.15) is 12.0 Å². The Morgan fingerprint density at radius 3 is 2.80 bits per heavy atom. The van der Waals surface area contributed by atoms with Gasteiger partial charge in [0.2, 0.25) is 12.3 Å². The summed E-state index contributed by atoms with van der Waals surface area (Å²) >= 11 is 1.34. The monoisotopic (exact) mass is 577 g/mol. The fraction of sp³-hybridized carbons (Fsp3) is 0.214. The molecular weight excluding hydrogens is 552 g/mol. The van der Waals surface area contributed by atoms with Gasteiger partial charge in [-0.2, -0.15) is 5.26 Å². The van der Waals surface area contributed by atoms with Gasteiger partial charge in [0, 0.05) is 25.8 Å². The zero-order chi connectivity index (χ0) is 29.5. The minimum Gasteiger partial charge on any atom is -0.507 e. The number of aliphatic imine (C=N–C) groups is 1. The first-order valence-electron chi connectivity index (χ1n) is 12.3. The fourth-order valence-corrected chi connectivity index (χ4v) is 5.01. The maximum Gasteiger partial charge on any atom is 0.246 e. The number of nitrogens with zero attached hydrogens (tertiary/aromatic N) is 6. The molecule has 1 saturated heterocycles. The predicted octanol–water partition coefficient (Wildman–Crippen LogP) is 4.11. The van der Waals surface area contributed by atoms with Gasteiger partial charge in [-0.25, -0.2) is 23.7 Å². The summed E-state index contributed by atoms with van der Waals surface area (Å²) in [5.74, 6) is -2.70. The second-order valence-electron chi connectivity index (χ2n) is 8.78. The summed E-state index contributed by atoms with van der Waals surface area (Å²) < 4.78 is 30.3. The summed E-state index contributed by atoms with van der Waals surface area (Å²) in [7, 11) is 0. The minimum absolute atomic E-state index is 0.0177. The van der Waals surface area contributed by atoms with E-state index in [1.54, 1.807) is 23.2 Å². The Kier molecular flexibility index (Phi) is 9.26. The van der Waals surface area contributed by atoms with Crippen molar-refractivity contribution in [3.63, 3.8) is 0 Å². The van der Waals surface area contributed by atoms with E-state index >= 15 is 4.39 Å². The number of amidine groups is 1. The summed E-state index contributed by atoms with van der Waals surface area (Å²) in [6.45, 7) is 4.15. The number of aromatic hydroxyl groups is 1. The van der Waals surface area contributed by atoms with Crippen molar-refractivity contribution in [3.05, 3.63) is 72.4 Å². The number of benzene rings is 1. The number of nitrogens with one attached hydrogen (secondary N) is 1. The average molecular weight is 578 g/mol. The first kappa shape index (κ1) is 29.2. The molecule has 0 spiro atoms. The third kappa shape index (κ3) is 6.17. The largest absolute Gasteiger partial charge is 0.507 e. The number of carbonyl (C=O) groups excluding carboxylic acids is 2. The van der Waals surface area contributed by atoms with Gasteiger partial charge in [0.25, 0.3) is 0 Å². The molecular formula is C28H25F2N7O3S. The van der Waals surface area contributed by atoms with Gasteiger partial charge in [0.1, 0.15) is 33.9 Å². The molecule has 0 saturated carbocycles. The molecule has 10 nitrogen and oxygen atoms in total. The van der Waals surface area contributed by atoms with Crippen LogP contribution in [0.4, 0.5) is 20.3 Å². The van der Waals surface area contributed by atoms with Gasteiger partial charge in [-0.05, 0) is 42.7 Å². The van der Waals surface area contributed by atoms with Gasteiger partial charge in [0.15, 0.2) is 5.82 Å². The molecule has 0 bridgehead atoms. The molecule has 1 atom stereocenters. The van der Waals surface area contributed by atoms with Crippen molar-refractivity contribution in [1.29, 1.82) is 5.26 Å². The Hall–Kier alpha value is -4.83. The van der Waals surface area contributed by atoms with Crippen LogP contribution in [0.2, 0.25) is 0 Å². The average Bonchev–Trinajstić information content (AvgIpc) is 2.97. The molecule has 2 N–H and O–H groups in total. The second kappa shape index (κ2) is 13.0. The minimum atomic E-state index is -0.977. The van der Waals surface area contributed by atoms with Gasteiger partial charge in [-0.15, -0.1) is 11.8 Å². The molecule has 1 fully saturated rings. The standard InChI is InChI=1S/C28H25F2N7O3S/c1-3-23(40)37-13-12-36(15-17(37)9-10-31)27(34-21-7-5-11-32-28(21)41-2)18-14-20(30)25(35-26(18)33-16-38)24-19(29)6-4-8-22(24)39/h3-8,11,14,16-17,39H,1,9,12-13,15H2,2H3,(H,33,35,38).